The average Bonchev–Trinajstić information content (AvgIpc) is 2.36. The van der Waals surface area contributed by atoms with Crippen LogP contribution in [0, 0.1) is 5.82 Å². The number of hydrogen-bond donors (Lipinski definition) is 0. The van der Waals surface area contributed by atoms with Crippen molar-refractivity contribution in [3.05, 3.63) is 46.3 Å². The van der Waals surface area contributed by atoms with Crippen LogP contribution in [0.1, 0.15) is 37.7 Å². The molecule has 0 bridgehead atoms. The molecule has 1 nitrogen and oxygen atoms in total. The van der Waals surface area contributed by atoms with Crippen LogP contribution in [0.5, 0.6) is 0 Å². The molecule has 0 heterocycles. The minimum atomic E-state index is -0.467. The summed E-state index contributed by atoms with van der Waals surface area (Å²) in [5.74, 6) is -0.408. The molecule has 0 aromatic heterocycles. The Morgan fingerprint density at radius 1 is 1.28 bits per heavy atom. The summed E-state index contributed by atoms with van der Waals surface area (Å²) in [4.78, 5) is 11.9. The van der Waals surface area contributed by atoms with Crippen LogP contribution < -0.4 is 0 Å². The van der Waals surface area contributed by atoms with E-state index in [2.05, 4.69) is 6.08 Å². The fourth-order valence-electron chi connectivity index (χ4n) is 2.28. The fraction of sp³-hybridized carbons (Fsp3) is 0.400. The van der Waals surface area contributed by atoms with Crippen LogP contribution in [0.3, 0.4) is 0 Å². The summed E-state index contributed by atoms with van der Waals surface area (Å²) in [7, 11) is 0. The van der Waals surface area contributed by atoms with Gasteiger partial charge >= 0.3 is 0 Å². The van der Waals surface area contributed by atoms with E-state index in [1.54, 1.807) is 12.1 Å². The van der Waals surface area contributed by atoms with E-state index in [0.717, 1.165) is 19.3 Å². The standard InChI is InChI=1S/C15H16ClFO/c16-14-8-4-7-12(15(14)17)10-13(18)9-11-5-2-1-3-6-11/h4-5,7-8H,1-3,6,9-10H2. The summed E-state index contributed by atoms with van der Waals surface area (Å²) in [6.45, 7) is 0. The molecule has 1 aliphatic carbocycles. The lowest BCUT2D eigenvalue weighted by Gasteiger charge is -2.12. The van der Waals surface area contributed by atoms with Crippen LogP contribution in [-0.2, 0) is 11.2 Å². The molecule has 18 heavy (non-hydrogen) atoms. The molecule has 0 saturated heterocycles. The van der Waals surface area contributed by atoms with Crippen LogP contribution in [0.4, 0.5) is 4.39 Å². The van der Waals surface area contributed by atoms with Crippen molar-refractivity contribution in [3.8, 4) is 0 Å². The summed E-state index contributed by atoms with van der Waals surface area (Å²) in [5, 5.41) is 0.0807. The van der Waals surface area contributed by atoms with Gasteiger partial charge in [0.05, 0.1) is 5.02 Å². The van der Waals surface area contributed by atoms with Gasteiger partial charge in [-0.15, -0.1) is 0 Å². The lowest BCUT2D eigenvalue weighted by atomic mass is 9.94. The molecule has 0 unspecified atom stereocenters. The smallest absolute Gasteiger partial charge is 0.145 e. The Kier molecular flexibility index (Phi) is 4.54. The quantitative estimate of drug-likeness (QED) is 0.735. The second kappa shape index (κ2) is 6.14. The number of halogens is 2. The Hall–Kier alpha value is -1.15. The molecule has 0 atom stereocenters. The highest BCUT2D eigenvalue weighted by Gasteiger charge is 2.13. The van der Waals surface area contributed by atoms with Gasteiger partial charge in [0.1, 0.15) is 11.6 Å². The van der Waals surface area contributed by atoms with E-state index < -0.39 is 5.82 Å². The third-order valence-electron chi connectivity index (χ3n) is 3.23. The van der Waals surface area contributed by atoms with Crippen molar-refractivity contribution >= 4 is 17.4 Å². The van der Waals surface area contributed by atoms with Crippen molar-refractivity contribution in [1.82, 2.24) is 0 Å². The predicted molar refractivity (Wildman–Crippen MR) is 71.3 cm³/mol. The van der Waals surface area contributed by atoms with E-state index in [9.17, 15) is 9.18 Å². The summed E-state index contributed by atoms with van der Waals surface area (Å²) in [5.41, 5.74) is 1.59. The van der Waals surface area contributed by atoms with Gasteiger partial charge in [-0.2, -0.15) is 0 Å². The SMILES string of the molecule is O=C(CC1=CCCCC1)Cc1cccc(Cl)c1F. The second-order valence-corrected chi connectivity index (χ2v) is 5.12. The third kappa shape index (κ3) is 3.42. The molecular weight excluding hydrogens is 251 g/mol. The van der Waals surface area contributed by atoms with Crippen molar-refractivity contribution in [2.75, 3.05) is 0 Å². The highest BCUT2D eigenvalue weighted by molar-refractivity contribution is 6.30. The molecule has 0 aliphatic heterocycles. The molecule has 0 amide bonds. The Morgan fingerprint density at radius 2 is 2.11 bits per heavy atom. The highest BCUT2D eigenvalue weighted by atomic mass is 35.5. The number of hydrogen-bond acceptors (Lipinski definition) is 1. The molecule has 1 aromatic carbocycles. The van der Waals surface area contributed by atoms with Crippen molar-refractivity contribution in [2.45, 2.75) is 38.5 Å². The van der Waals surface area contributed by atoms with Gasteiger partial charge < -0.3 is 0 Å². The number of ketones is 1. The Bertz CT molecular complexity index is 479. The lowest BCUT2D eigenvalue weighted by Crippen LogP contribution is -2.07. The summed E-state index contributed by atoms with van der Waals surface area (Å²) >= 11 is 5.69. The number of allylic oxidation sites excluding steroid dienone is 2. The number of Topliss-reactive ketones (excluding diaryl/α,β-unsaturated/α-hetero) is 1. The number of carbonyl (C=O) groups is 1. The molecule has 2 rings (SSSR count). The van der Waals surface area contributed by atoms with Crippen molar-refractivity contribution < 1.29 is 9.18 Å². The van der Waals surface area contributed by atoms with Crippen LogP contribution in [0.25, 0.3) is 0 Å². The molecule has 1 aromatic rings. The molecule has 96 valence electrons. The maximum Gasteiger partial charge on any atom is 0.145 e. The lowest BCUT2D eigenvalue weighted by molar-refractivity contribution is -0.117. The highest BCUT2D eigenvalue weighted by Crippen LogP contribution is 2.22. The van der Waals surface area contributed by atoms with Crippen LogP contribution in [0.2, 0.25) is 5.02 Å². The van der Waals surface area contributed by atoms with E-state index in [0.29, 0.717) is 12.0 Å². The van der Waals surface area contributed by atoms with E-state index in [1.807, 2.05) is 0 Å². The zero-order chi connectivity index (χ0) is 13.0. The Morgan fingerprint density at radius 3 is 2.83 bits per heavy atom. The first-order valence-electron chi connectivity index (χ1n) is 6.29. The van der Waals surface area contributed by atoms with Gasteiger partial charge in [0.15, 0.2) is 0 Å². The maximum atomic E-state index is 13.6. The molecule has 0 N–H and O–H groups in total. The van der Waals surface area contributed by atoms with Gasteiger partial charge in [0, 0.05) is 12.8 Å². The molecule has 0 spiro atoms. The van der Waals surface area contributed by atoms with E-state index >= 15 is 0 Å². The monoisotopic (exact) mass is 266 g/mol. The average molecular weight is 267 g/mol. The third-order valence-corrected chi connectivity index (χ3v) is 3.52. The topological polar surface area (TPSA) is 17.1 Å². The van der Waals surface area contributed by atoms with Gasteiger partial charge in [0.2, 0.25) is 0 Å². The van der Waals surface area contributed by atoms with Gasteiger partial charge in [-0.3, -0.25) is 4.79 Å². The number of benzene rings is 1. The zero-order valence-electron chi connectivity index (χ0n) is 10.2. The molecule has 0 saturated carbocycles. The molecule has 3 heteroatoms. The van der Waals surface area contributed by atoms with Crippen molar-refractivity contribution in [2.24, 2.45) is 0 Å². The Balaban J connectivity index is 1.98. The first kappa shape index (κ1) is 13.3. The fourth-order valence-corrected chi connectivity index (χ4v) is 2.47. The maximum absolute atomic E-state index is 13.6. The van der Waals surface area contributed by atoms with E-state index in [4.69, 9.17) is 11.6 Å². The summed E-state index contributed by atoms with van der Waals surface area (Å²) in [6.07, 6.45) is 7.16. The molecule has 0 fully saturated rings. The van der Waals surface area contributed by atoms with E-state index in [-0.39, 0.29) is 17.2 Å². The largest absolute Gasteiger partial charge is 0.299 e. The van der Waals surface area contributed by atoms with Gasteiger partial charge in [-0.1, -0.05) is 35.4 Å². The normalized spacial score (nSPS) is 15.3. The van der Waals surface area contributed by atoms with Gasteiger partial charge in [0.25, 0.3) is 0 Å². The van der Waals surface area contributed by atoms with Crippen LogP contribution in [0.15, 0.2) is 29.8 Å². The summed E-state index contributed by atoms with van der Waals surface area (Å²) < 4.78 is 13.6. The molecule has 1 aliphatic rings. The summed E-state index contributed by atoms with van der Waals surface area (Å²) in [6, 6.07) is 4.79. The molecular formula is C15H16ClFO. The van der Waals surface area contributed by atoms with Crippen molar-refractivity contribution in [3.63, 3.8) is 0 Å². The number of carbonyl (C=O) groups excluding carboxylic acids is 1. The minimum Gasteiger partial charge on any atom is -0.299 e. The Labute approximate surface area is 112 Å². The van der Waals surface area contributed by atoms with Crippen LogP contribution in [-0.4, -0.2) is 5.78 Å². The number of rotatable bonds is 4. The van der Waals surface area contributed by atoms with Crippen molar-refractivity contribution in [1.29, 1.82) is 0 Å². The predicted octanol–water partition coefficient (Wildman–Crippen LogP) is 4.48. The first-order chi connectivity index (χ1) is 8.66. The minimum absolute atomic E-state index is 0.0596. The van der Waals surface area contributed by atoms with Gasteiger partial charge in [-0.25, -0.2) is 4.39 Å². The first-order valence-corrected chi connectivity index (χ1v) is 6.67. The van der Waals surface area contributed by atoms with E-state index in [1.165, 1.54) is 18.1 Å². The van der Waals surface area contributed by atoms with Crippen LogP contribution >= 0.6 is 11.6 Å². The zero-order valence-corrected chi connectivity index (χ0v) is 11.0. The second-order valence-electron chi connectivity index (χ2n) is 4.71. The van der Waals surface area contributed by atoms with Gasteiger partial charge in [-0.05, 0) is 37.3 Å². The molecule has 0 radical (unpaired) electrons.